The SMILES string of the molecule is COc1cccc(-c2ccc3c4c2OP(=O)(O)Oc2c(-c5cccc(OC)c5)ccc5c2C4(CC3)CC5)c1. The summed E-state index contributed by atoms with van der Waals surface area (Å²) in [4.78, 5) is 11.2. The monoisotopic (exact) mass is 526 g/mol. The topological polar surface area (TPSA) is 74.2 Å². The Kier molecular flexibility index (Phi) is 5.16. The van der Waals surface area contributed by atoms with E-state index < -0.39 is 7.82 Å². The number of phosphoric acid groups is 1. The van der Waals surface area contributed by atoms with Crippen LogP contribution in [0.2, 0.25) is 0 Å². The van der Waals surface area contributed by atoms with Crippen LogP contribution in [0.1, 0.15) is 35.1 Å². The Bertz CT molecular complexity index is 1540. The second-order valence-electron chi connectivity index (χ2n) is 10.1. The molecule has 0 aromatic heterocycles. The summed E-state index contributed by atoms with van der Waals surface area (Å²) in [5.74, 6) is 2.28. The molecule has 0 amide bonds. The molecule has 2 aliphatic carbocycles. The minimum Gasteiger partial charge on any atom is -0.497 e. The Hall–Kier alpha value is -3.73. The average molecular weight is 527 g/mol. The molecule has 0 radical (unpaired) electrons. The number of methoxy groups -OCH3 is 2. The number of ether oxygens (including phenoxy) is 2. The molecule has 0 bridgehead atoms. The van der Waals surface area contributed by atoms with Gasteiger partial charge in [0.05, 0.1) is 14.2 Å². The van der Waals surface area contributed by atoms with Crippen molar-refractivity contribution in [3.8, 4) is 45.3 Å². The van der Waals surface area contributed by atoms with E-state index in [9.17, 15) is 9.46 Å². The molecular weight excluding hydrogens is 499 g/mol. The third kappa shape index (κ3) is 3.40. The van der Waals surface area contributed by atoms with Crippen LogP contribution in [0.3, 0.4) is 0 Å². The molecule has 4 aromatic carbocycles. The maximum atomic E-state index is 13.7. The highest BCUT2D eigenvalue weighted by molar-refractivity contribution is 7.48. The molecule has 6 nitrogen and oxygen atoms in total. The number of phosphoric ester groups is 1. The summed E-state index contributed by atoms with van der Waals surface area (Å²) in [5, 5.41) is 0. The van der Waals surface area contributed by atoms with Crippen molar-refractivity contribution in [3.63, 3.8) is 0 Å². The Balaban J connectivity index is 1.52. The molecule has 0 saturated carbocycles. The zero-order valence-electron chi connectivity index (χ0n) is 21.2. The van der Waals surface area contributed by atoms with Gasteiger partial charge in [-0.3, -0.25) is 4.89 Å². The first kappa shape index (κ1) is 23.4. The minimum atomic E-state index is -4.56. The molecule has 1 N–H and O–H groups in total. The second-order valence-corrected chi connectivity index (χ2v) is 11.5. The number of aryl methyl sites for hydroxylation is 2. The van der Waals surface area contributed by atoms with Crippen molar-refractivity contribution in [2.45, 2.75) is 31.1 Å². The third-order valence-corrected chi connectivity index (χ3v) is 9.09. The molecule has 1 spiro atoms. The smallest absolute Gasteiger partial charge is 0.497 e. The lowest BCUT2D eigenvalue weighted by molar-refractivity contribution is 0.281. The molecule has 0 fully saturated rings. The first-order chi connectivity index (χ1) is 18.4. The summed E-state index contributed by atoms with van der Waals surface area (Å²) in [7, 11) is -1.31. The van der Waals surface area contributed by atoms with E-state index in [1.165, 1.54) is 0 Å². The van der Waals surface area contributed by atoms with Gasteiger partial charge in [-0.25, -0.2) is 4.57 Å². The van der Waals surface area contributed by atoms with Crippen molar-refractivity contribution in [3.05, 3.63) is 95.1 Å². The van der Waals surface area contributed by atoms with Crippen LogP contribution in [-0.2, 0) is 22.8 Å². The predicted octanol–water partition coefficient (Wildman–Crippen LogP) is 7.09. The molecule has 0 atom stereocenters. The lowest BCUT2D eigenvalue weighted by Crippen LogP contribution is -2.25. The van der Waals surface area contributed by atoms with Gasteiger partial charge in [-0.15, -0.1) is 0 Å². The lowest BCUT2D eigenvalue weighted by Gasteiger charge is -2.34. The van der Waals surface area contributed by atoms with Crippen LogP contribution in [0.4, 0.5) is 0 Å². The Morgan fingerprint density at radius 3 is 1.66 bits per heavy atom. The Morgan fingerprint density at radius 1 is 0.737 bits per heavy atom. The van der Waals surface area contributed by atoms with Crippen LogP contribution < -0.4 is 18.5 Å². The number of rotatable bonds is 4. The van der Waals surface area contributed by atoms with E-state index in [4.69, 9.17) is 18.5 Å². The molecule has 7 heteroatoms. The standard InChI is InChI=1S/C31H27O6P/c1-34-23-7-3-5-21(17-23)25-11-9-19-13-15-31-16-14-20-10-12-26(22-6-4-8-24(18-22)35-2)30(28(20)31)37-38(32,33)36-29(25)27(19)31/h3-12,17-18H,13-16H2,1-2H3,(H,32,33). The normalized spacial score (nSPS) is 17.3. The van der Waals surface area contributed by atoms with Crippen LogP contribution in [0.15, 0.2) is 72.8 Å². The molecule has 1 heterocycles. The Labute approximate surface area is 221 Å². The molecule has 192 valence electrons. The first-order valence-electron chi connectivity index (χ1n) is 12.8. The predicted molar refractivity (Wildman–Crippen MR) is 145 cm³/mol. The van der Waals surface area contributed by atoms with Gasteiger partial charge >= 0.3 is 7.82 Å². The van der Waals surface area contributed by atoms with Gasteiger partial charge in [0.2, 0.25) is 0 Å². The summed E-state index contributed by atoms with van der Waals surface area (Å²) in [6.07, 6.45) is 3.51. The van der Waals surface area contributed by atoms with Gasteiger partial charge in [-0.2, -0.15) is 0 Å². The van der Waals surface area contributed by atoms with Crippen LogP contribution in [0.25, 0.3) is 22.3 Å². The molecule has 7 rings (SSSR count). The number of hydrogen-bond acceptors (Lipinski definition) is 5. The fraction of sp³-hybridized carbons (Fsp3) is 0.226. The van der Waals surface area contributed by atoms with Crippen LogP contribution >= 0.6 is 7.82 Å². The van der Waals surface area contributed by atoms with E-state index in [-0.39, 0.29) is 5.41 Å². The maximum absolute atomic E-state index is 13.7. The van der Waals surface area contributed by atoms with Crippen molar-refractivity contribution < 1.29 is 28.0 Å². The van der Waals surface area contributed by atoms with Crippen LogP contribution in [0, 0.1) is 0 Å². The van der Waals surface area contributed by atoms with Gasteiger partial charge < -0.3 is 18.5 Å². The summed E-state index contributed by atoms with van der Waals surface area (Å²) in [6, 6.07) is 23.6. The quantitative estimate of drug-likeness (QED) is 0.286. The summed E-state index contributed by atoms with van der Waals surface area (Å²) in [5.41, 5.74) is 7.18. The summed E-state index contributed by atoms with van der Waals surface area (Å²) < 4.78 is 36.7. The summed E-state index contributed by atoms with van der Waals surface area (Å²) >= 11 is 0. The highest BCUT2D eigenvalue weighted by Crippen LogP contribution is 2.65. The van der Waals surface area contributed by atoms with Gasteiger partial charge in [-0.05, 0) is 72.2 Å². The number of benzene rings is 4. The molecule has 0 saturated heterocycles. The zero-order chi connectivity index (χ0) is 26.1. The van der Waals surface area contributed by atoms with Gasteiger partial charge in [0.15, 0.2) is 0 Å². The van der Waals surface area contributed by atoms with Gasteiger partial charge in [-0.1, -0.05) is 48.5 Å². The first-order valence-corrected chi connectivity index (χ1v) is 14.3. The van der Waals surface area contributed by atoms with Gasteiger partial charge in [0.1, 0.15) is 23.0 Å². The minimum absolute atomic E-state index is 0.362. The largest absolute Gasteiger partial charge is 0.584 e. The molecule has 0 unspecified atom stereocenters. The zero-order valence-corrected chi connectivity index (χ0v) is 22.1. The second kappa shape index (κ2) is 8.39. The third-order valence-electron chi connectivity index (χ3n) is 8.26. The van der Waals surface area contributed by atoms with E-state index in [2.05, 4.69) is 12.1 Å². The maximum Gasteiger partial charge on any atom is 0.584 e. The van der Waals surface area contributed by atoms with E-state index >= 15 is 0 Å². The molecule has 4 aromatic rings. The van der Waals surface area contributed by atoms with Crippen molar-refractivity contribution in [1.82, 2.24) is 0 Å². The Morgan fingerprint density at radius 2 is 1.21 bits per heavy atom. The molecule has 3 aliphatic rings. The van der Waals surface area contributed by atoms with Crippen molar-refractivity contribution >= 4 is 7.82 Å². The fourth-order valence-corrected chi connectivity index (χ4v) is 7.51. The van der Waals surface area contributed by atoms with Crippen molar-refractivity contribution in [2.75, 3.05) is 14.2 Å². The van der Waals surface area contributed by atoms with Gasteiger partial charge in [0, 0.05) is 27.7 Å². The van der Waals surface area contributed by atoms with E-state index in [0.717, 1.165) is 70.2 Å². The average Bonchev–Trinajstić information content (AvgIpc) is 3.49. The number of hydrogen-bond donors (Lipinski definition) is 1. The molecular formula is C31H27O6P. The van der Waals surface area contributed by atoms with E-state index in [1.54, 1.807) is 14.2 Å². The molecule has 38 heavy (non-hydrogen) atoms. The lowest BCUT2D eigenvalue weighted by atomic mass is 9.74. The highest BCUT2D eigenvalue weighted by atomic mass is 31.2. The fourth-order valence-electron chi connectivity index (χ4n) is 6.63. The van der Waals surface area contributed by atoms with Crippen LogP contribution in [-0.4, -0.2) is 19.1 Å². The van der Waals surface area contributed by atoms with E-state index in [1.807, 2.05) is 60.7 Å². The van der Waals surface area contributed by atoms with Gasteiger partial charge in [0.25, 0.3) is 0 Å². The highest BCUT2D eigenvalue weighted by Gasteiger charge is 2.52. The molecule has 1 aliphatic heterocycles. The van der Waals surface area contributed by atoms with Crippen molar-refractivity contribution in [2.24, 2.45) is 0 Å². The van der Waals surface area contributed by atoms with E-state index in [0.29, 0.717) is 23.0 Å². The van der Waals surface area contributed by atoms with Crippen molar-refractivity contribution in [1.29, 1.82) is 0 Å². The van der Waals surface area contributed by atoms with Crippen LogP contribution in [0.5, 0.6) is 23.0 Å². The summed E-state index contributed by atoms with van der Waals surface area (Å²) in [6.45, 7) is 0.